The van der Waals surface area contributed by atoms with E-state index in [1.807, 2.05) is 19.1 Å². The number of ether oxygens (including phenoxy) is 1. The number of rotatable bonds is 7. The molecule has 0 saturated heterocycles. The number of pyridine rings is 1. The smallest absolute Gasteiger partial charge is 0.326 e. The molecule has 0 bridgehead atoms. The van der Waals surface area contributed by atoms with E-state index >= 15 is 0 Å². The summed E-state index contributed by atoms with van der Waals surface area (Å²) in [7, 11) is 1.42. The number of carbonyl (C=O) groups is 1. The van der Waals surface area contributed by atoms with Gasteiger partial charge in [0.1, 0.15) is 5.54 Å². The fourth-order valence-electron chi connectivity index (χ4n) is 1.47. The van der Waals surface area contributed by atoms with Crippen LogP contribution < -0.4 is 5.32 Å². The topological polar surface area (TPSA) is 51.2 Å². The zero-order valence-electron chi connectivity index (χ0n) is 11.1. The summed E-state index contributed by atoms with van der Waals surface area (Å²) in [5, 5.41) is 3.26. The summed E-state index contributed by atoms with van der Waals surface area (Å²) in [4.78, 5) is 16.9. The molecule has 18 heavy (non-hydrogen) atoms. The molecular weight excluding hydrogens is 248 g/mol. The van der Waals surface area contributed by atoms with E-state index in [1.165, 1.54) is 7.11 Å². The molecule has 0 saturated carbocycles. The standard InChI is InChI=1S/C13H20N2O2S/c1-4-7-15-13(2,12(16)17-3)10-18-11-5-8-14-9-6-11/h5-6,8-9,15H,4,7,10H2,1-3H3. The summed E-state index contributed by atoms with van der Waals surface area (Å²) in [6.45, 7) is 4.74. The first-order chi connectivity index (χ1) is 8.62. The molecule has 0 radical (unpaired) electrons. The van der Waals surface area contributed by atoms with Crippen LogP contribution in [-0.2, 0) is 9.53 Å². The number of thioether (sulfide) groups is 1. The third-order valence-corrected chi connectivity index (χ3v) is 3.91. The van der Waals surface area contributed by atoms with Gasteiger partial charge in [0, 0.05) is 23.0 Å². The first-order valence-electron chi connectivity index (χ1n) is 5.98. The van der Waals surface area contributed by atoms with E-state index in [2.05, 4.69) is 17.2 Å². The van der Waals surface area contributed by atoms with Crippen LogP contribution in [0.3, 0.4) is 0 Å². The lowest BCUT2D eigenvalue weighted by molar-refractivity contribution is -0.146. The molecule has 0 aliphatic rings. The van der Waals surface area contributed by atoms with Gasteiger partial charge in [-0.15, -0.1) is 11.8 Å². The molecule has 1 aromatic rings. The van der Waals surface area contributed by atoms with Crippen molar-refractivity contribution in [1.82, 2.24) is 10.3 Å². The van der Waals surface area contributed by atoms with E-state index in [0.717, 1.165) is 17.9 Å². The van der Waals surface area contributed by atoms with Crippen LogP contribution in [0.1, 0.15) is 20.3 Å². The van der Waals surface area contributed by atoms with Gasteiger partial charge in [-0.1, -0.05) is 6.92 Å². The minimum absolute atomic E-state index is 0.225. The molecule has 0 aromatic carbocycles. The van der Waals surface area contributed by atoms with Crippen LogP contribution in [0.2, 0.25) is 0 Å². The summed E-state index contributed by atoms with van der Waals surface area (Å²) in [5.41, 5.74) is -0.654. The van der Waals surface area contributed by atoms with E-state index in [-0.39, 0.29) is 5.97 Å². The van der Waals surface area contributed by atoms with Crippen molar-refractivity contribution in [2.24, 2.45) is 0 Å². The quantitative estimate of drug-likeness (QED) is 0.606. The molecule has 0 spiro atoms. The predicted octanol–water partition coefficient (Wildman–Crippen LogP) is 2.10. The van der Waals surface area contributed by atoms with Gasteiger partial charge in [0.25, 0.3) is 0 Å². The molecule has 1 N–H and O–H groups in total. The summed E-state index contributed by atoms with van der Waals surface area (Å²) in [6.07, 6.45) is 4.47. The summed E-state index contributed by atoms with van der Waals surface area (Å²) in [5.74, 6) is 0.404. The van der Waals surface area contributed by atoms with Crippen LogP contribution in [-0.4, -0.2) is 35.9 Å². The normalized spacial score (nSPS) is 13.9. The van der Waals surface area contributed by atoms with Gasteiger partial charge in [-0.2, -0.15) is 0 Å². The Kier molecular flexibility index (Phi) is 6.15. The minimum Gasteiger partial charge on any atom is -0.468 e. The molecule has 0 fully saturated rings. The Balaban J connectivity index is 2.64. The van der Waals surface area contributed by atoms with E-state index in [1.54, 1.807) is 24.2 Å². The first-order valence-corrected chi connectivity index (χ1v) is 6.97. The molecule has 4 nitrogen and oxygen atoms in total. The second-order valence-electron chi connectivity index (χ2n) is 4.22. The van der Waals surface area contributed by atoms with Crippen molar-refractivity contribution in [3.8, 4) is 0 Å². The summed E-state index contributed by atoms with van der Waals surface area (Å²) in [6, 6.07) is 3.87. The van der Waals surface area contributed by atoms with Crippen LogP contribution in [0.15, 0.2) is 29.4 Å². The molecule has 1 heterocycles. The zero-order chi connectivity index (χ0) is 13.4. The second kappa shape index (κ2) is 7.38. The SMILES string of the molecule is CCCNC(C)(CSc1ccncc1)C(=O)OC. The molecular formula is C13H20N2O2S. The maximum Gasteiger partial charge on any atom is 0.326 e. The van der Waals surface area contributed by atoms with Gasteiger partial charge in [-0.25, -0.2) is 0 Å². The molecule has 0 amide bonds. The Morgan fingerprint density at radius 2 is 2.17 bits per heavy atom. The highest BCUT2D eigenvalue weighted by molar-refractivity contribution is 7.99. The number of nitrogens with zero attached hydrogens (tertiary/aromatic N) is 1. The molecule has 1 aromatic heterocycles. The lowest BCUT2D eigenvalue weighted by Crippen LogP contribution is -2.52. The molecule has 100 valence electrons. The van der Waals surface area contributed by atoms with Crippen LogP contribution >= 0.6 is 11.8 Å². The van der Waals surface area contributed by atoms with Crippen molar-refractivity contribution in [1.29, 1.82) is 0 Å². The monoisotopic (exact) mass is 268 g/mol. The van der Waals surface area contributed by atoms with Gasteiger partial charge < -0.3 is 10.1 Å². The van der Waals surface area contributed by atoms with Crippen LogP contribution in [0.4, 0.5) is 0 Å². The number of nitrogens with one attached hydrogen (secondary N) is 1. The Hall–Kier alpha value is -1.07. The number of aromatic nitrogens is 1. The summed E-state index contributed by atoms with van der Waals surface area (Å²) >= 11 is 1.62. The predicted molar refractivity (Wildman–Crippen MR) is 73.7 cm³/mol. The molecule has 1 atom stereocenters. The number of hydrogen-bond acceptors (Lipinski definition) is 5. The molecule has 0 aliphatic heterocycles. The first kappa shape index (κ1) is 15.0. The molecule has 1 unspecified atom stereocenters. The Morgan fingerprint density at radius 3 is 2.72 bits per heavy atom. The third kappa shape index (κ3) is 4.31. The van der Waals surface area contributed by atoms with E-state index < -0.39 is 5.54 Å². The third-order valence-electron chi connectivity index (χ3n) is 2.58. The second-order valence-corrected chi connectivity index (χ2v) is 5.27. The number of hydrogen-bond donors (Lipinski definition) is 1. The molecule has 5 heteroatoms. The van der Waals surface area contributed by atoms with Gasteiger partial charge in [-0.3, -0.25) is 9.78 Å². The van der Waals surface area contributed by atoms with Crippen LogP contribution in [0, 0.1) is 0 Å². The van der Waals surface area contributed by atoms with Crippen molar-refractivity contribution >= 4 is 17.7 Å². The van der Waals surface area contributed by atoms with Gasteiger partial charge in [-0.05, 0) is 32.0 Å². The fraction of sp³-hybridized carbons (Fsp3) is 0.538. The van der Waals surface area contributed by atoms with Gasteiger partial charge in [0.15, 0.2) is 0 Å². The van der Waals surface area contributed by atoms with Crippen molar-refractivity contribution in [2.75, 3.05) is 19.4 Å². The van der Waals surface area contributed by atoms with Gasteiger partial charge >= 0.3 is 5.97 Å². The average Bonchev–Trinajstić information content (AvgIpc) is 2.43. The highest BCUT2D eigenvalue weighted by Gasteiger charge is 2.33. The van der Waals surface area contributed by atoms with Gasteiger partial charge in [0.05, 0.1) is 7.11 Å². The van der Waals surface area contributed by atoms with Crippen LogP contribution in [0.5, 0.6) is 0 Å². The largest absolute Gasteiger partial charge is 0.468 e. The molecule has 0 aliphatic carbocycles. The number of esters is 1. The zero-order valence-corrected chi connectivity index (χ0v) is 11.9. The Bertz CT molecular complexity index is 373. The highest BCUT2D eigenvalue weighted by Crippen LogP contribution is 2.22. The van der Waals surface area contributed by atoms with Crippen molar-refractivity contribution < 1.29 is 9.53 Å². The minimum atomic E-state index is -0.654. The maximum absolute atomic E-state index is 11.9. The number of methoxy groups -OCH3 is 1. The Morgan fingerprint density at radius 1 is 1.50 bits per heavy atom. The lowest BCUT2D eigenvalue weighted by atomic mass is 10.1. The fourth-order valence-corrected chi connectivity index (χ4v) is 2.46. The highest BCUT2D eigenvalue weighted by atomic mass is 32.2. The van der Waals surface area contributed by atoms with Crippen molar-refractivity contribution in [3.63, 3.8) is 0 Å². The number of carbonyl (C=O) groups excluding carboxylic acids is 1. The van der Waals surface area contributed by atoms with Crippen molar-refractivity contribution in [2.45, 2.75) is 30.7 Å². The van der Waals surface area contributed by atoms with Crippen molar-refractivity contribution in [3.05, 3.63) is 24.5 Å². The van der Waals surface area contributed by atoms with Crippen LogP contribution in [0.25, 0.3) is 0 Å². The Labute approximate surface area is 113 Å². The lowest BCUT2D eigenvalue weighted by Gasteiger charge is -2.27. The molecule has 1 rings (SSSR count). The van der Waals surface area contributed by atoms with Gasteiger partial charge in [0.2, 0.25) is 0 Å². The van der Waals surface area contributed by atoms with E-state index in [0.29, 0.717) is 5.75 Å². The van der Waals surface area contributed by atoms with E-state index in [4.69, 9.17) is 4.74 Å². The maximum atomic E-state index is 11.9. The summed E-state index contributed by atoms with van der Waals surface area (Å²) < 4.78 is 4.87. The van der Waals surface area contributed by atoms with E-state index in [9.17, 15) is 4.79 Å². The average molecular weight is 268 g/mol.